The highest BCUT2D eigenvalue weighted by Crippen LogP contribution is 2.35. The van der Waals surface area contributed by atoms with Crippen LogP contribution in [0.2, 0.25) is 0 Å². The first kappa shape index (κ1) is 12.5. The number of aliphatic hydroxyl groups excluding tert-OH is 1. The lowest BCUT2D eigenvalue weighted by molar-refractivity contribution is 0.276. The van der Waals surface area contributed by atoms with Crippen molar-refractivity contribution in [2.24, 2.45) is 5.73 Å². The lowest BCUT2D eigenvalue weighted by Crippen LogP contribution is -2.13. The monoisotopic (exact) mass is 273 g/mol. The molecule has 0 radical (unpaired) electrons. The largest absolute Gasteiger partial charge is 0.506 e. The molecule has 0 aliphatic rings. The number of hydrogen-bond acceptors (Lipinski definition) is 3. The highest BCUT2D eigenvalue weighted by molar-refractivity contribution is 9.10. The summed E-state index contributed by atoms with van der Waals surface area (Å²) in [5.41, 5.74) is 8.52. The molecule has 15 heavy (non-hydrogen) atoms. The van der Waals surface area contributed by atoms with Crippen LogP contribution in [0.1, 0.15) is 29.2 Å². The van der Waals surface area contributed by atoms with E-state index in [1.165, 1.54) is 0 Å². The summed E-state index contributed by atoms with van der Waals surface area (Å²) < 4.78 is 0.708. The Kier molecular flexibility index (Phi) is 4.13. The van der Waals surface area contributed by atoms with Crippen LogP contribution in [0.5, 0.6) is 5.75 Å². The molecule has 4 heteroatoms. The Morgan fingerprint density at radius 1 is 1.47 bits per heavy atom. The Labute approximate surface area is 98.1 Å². The average molecular weight is 274 g/mol. The van der Waals surface area contributed by atoms with Gasteiger partial charge in [-0.25, -0.2) is 0 Å². The molecule has 0 saturated heterocycles. The molecule has 3 nitrogen and oxygen atoms in total. The summed E-state index contributed by atoms with van der Waals surface area (Å²) in [6.45, 7) is 3.78. The second-order valence-corrected chi connectivity index (χ2v) is 4.48. The summed E-state index contributed by atoms with van der Waals surface area (Å²) in [5, 5.41) is 18.7. The number of nitrogens with two attached hydrogens (primary N) is 1. The Hall–Kier alpha value is -0.580. The molecule has 0 aliphatic carbocycles. The zero-order chi connectivity index (χ0) is 11.6. The van der Waals surface area contributed by atoms with Crippen LogP contribution in [0, 0.1) is 13.8 Å². The van der Waals surface area contributed by atoms with Gasteiger partial charge in [0.1, 0.15) is 5.75 Å². The molecular formula is C11H16BrNO2. The van der Waals surface area contributed by atoms with Crippen LogP contribution in [0.15, 0.2) is 10.5 Å². The van der Waals surface area contributed by atoms with Gasteiger partial charge in [0.2, 0.25) is 0 Å². The number of benzene rings is 1. The lowest BCUT2D eigenvalue weighted by atomic mass is 9.97. The first-order valence-electron chi connectivity index (χ1n) is 4.84. The van der Waals surface area contributed by atoms with Crippen molar-refractivity contribution in [3.8, 4) is 5.75 Å². The van der Waals surface area contributed by atoms with Crippen LogP contribution >= 0.6 is 15.9 Å². The second kappa shape index (κ2) is 4.96. The predicted octanol–water partition coefficient (Wildman–Crippen LogP) is 2.15. The topological polar surface area (TPSA) is 66.5 Å². The highest BCUT2D eigenvalue weighted by atomic mass is 79.9. The van der Waals surface area contributed by atoms with E-state index in [2.05, 4.69) is 15.9 Å². The van der Waals surface area contributed by atoms with E-state index in [9.17, 15) is 5.11 Å². The van der Waals surface area contributed by atoms with Crippen LogP contribution in [-0.4, -0.2) is 16.8 Å². The van der Waals surface area contributed by atoms with Gasteiger partial charge in [-0.05, 0) is 52.9 Å². The van der Waals surface area contributed by atoms with Crippen molar-refractivity contribution in [3.63, 3.8) is 0 Å². The number of halogens is 1. The fraction of sp³-hybridized carbons (Fsp3) is 0.455. The number of phenolic OH excluding ortho intramolecular Hbond substituents is 1. The summed E-state index contributed by atoms with van der Waals surface area (Å²) in [4.78, 5) is 0. The van der Waals surface area contributed by atoms with E-state index in [0.717, 1.165) is 16.7 Å². The van der Waals surface area contributed by atoms with Gasteiger partial charge in [0, 0.05) is 12.6 Å². The molecule has 4 N–H and O–H groups in total. The van der Waals surface area contributed by atoms with E-state index >= 15 is 0 Å². The van der Waals surface area contributed by atoms with Crippen molar-refractivity contribution in [2.45, 2.75) is 26.3 Å². The van der Waals surface area contributed by atoms with E-state index in [0.29, 0.717) is 10.9 Å². The van der Waals surface area contributed by atoms with E-state index in [-0.39, 0.29) is 18.4 Å². The van der Waals surface area contributed by atoms with Crippen molar-refractivity contribution < 1.29 is 10.2 Å². The van der Waals surface area contributed by atoms with E-state index in [1.54, 1.807) is 0 Å². The summed E-state index contributed by atoms with van der Waals surface area (Å²) in [6, 6.07) is 1.71. The maximum Gasteiger partial charge on any atom is 0.133 e. The Morgan fingerprint density at radius 2 is 2.07 bits per heavy atom. The fourth-order valence-corrected chi connectivity index (χ4v) is 1.98. The lowest BCUT2D eigenvalue weighted by Gasteiger charge is -2.17. The predicted molar refractivity (Wildman–Crippen MR) is 63.9 cm³/mol. The number of aliphatic hydroxyl groups is 1. The number of aromatic hydroxyl groups is 1. The minimum Gasteiger partial charge on any atom is -0.506 e. The number of hydrogen-bond donors (Lipinski definition) is 3. The molecular weight excluding hydrogens is 258 g/mol. The Bertz CT molecular complexity index is 366. The van der Waals surface area contributed by atoms with Crippen molar-refractivity contribution in [1.29, 1.82) is 0 Å². The maximum atomic E-state index is 9.82. The van der Waals surface area contributed by atoms with Crippen LogP contribution in [0.25, 0.3) is 0 Å². The van der Waals surface area contributed by atoms with Gasteiger partial charge in [-0.2, -0.15) is 0 Å². The van der Waals surface area contributed by atoms with Crippen LogP contribution in [0.4, 0.5) is 0 Å². The van der Waals surface area contributed by atoms with Crippen molar-refractivity contribution in [3.05, 3.63) is 27.2 Å². The molecule has 1 aromatic rings. The number of phenols is 1. The molecule has 0 bridgehead atoms. The van der Waals surface area contributed by atoms with Gasteiger partial charge in [0.15, 0.2) is 0 Å². The highest BCUT2D eigenvalue weighted by Gasteiger charge is 2.15. The molecule has 0 spiro atoms. The quantitative estimate of drug-likeness (QED) is 0.791. The third kappa shape index (κ3) is 2.51. The molecule has 0 aromatic heterocycles. The summed E-state index contributed by atoms with van der Waals surface area (Å²) >= 11 is 3.31. The normalized spacial score (nSPS) is 12.9. The van der Waals surface area contributed by atoms with Crippen LogP contribution < -0.4 is 5.73 Å². The fourth-order valence-electron chi connectivity index (χ4n) is 1.57. The van der Waals surface area contributed by atoms with E-state index < -0.39 is 0 Å². The molecule has 1 aromatic carbocycles. The maximum absolute atomic E-state index is 9.82. The van der Waals surface area contributed by atoms with Crippen LogP contribution in [-0.2, 0) is 0 Å². The van der Waals surface area contributed by atoms with Gasteiger partial charge >= 0.3 is 0 Å². The SMILES string of the molecule is Cc1cc(C(N)CCO)c(C)c(O)c1Br. The average Bonchev–Trinajstić information content (AvgIpc) is 2.20. The number of aryl methyl sites for hydroxylation is 1. The Morgan fingerprint density at radius 3 is 2.60 bits per heavy atom. The molecule has 0 heterocycles. The molecule has 1 unspecified atom stereocenters. The zero-order valence-electron chi connectivity index (χ0n) is 8.92. The second-order valence-electron chi connectivity index (χ2n) is 3.69. The standard InChI is InChI=1S/C11H16BrNO2/c1-6-5-8(9(13)3-4-14)7(2)11(15)10(6)12/h5,9,14-15H,3-4,13H2,1-2H3. The van der Waals surface area contributed by atoms with E-state index in [1.807, 2.05) is 19.9 Å². The van der Waals surface area contributed by atoms with Crippen LogP contribution in [0.3, 0.4) is 0 Å². The molecule has 1 atom stereocenters. The van der Waals surface area contributed by atoms with Gasteiger partial charge in [-0.3, -0.25) is 0 Å². The van der Waals surface area contributed by atoms with Gasteiger partial charge in [-0.15, -0.1) is 0 Å². The van der Waals surface area contributed by atoms with Crippen molar-refractivity contribution in [1.82, 2.24) is 0 Å². The first-order valence-corrected chi connectivity index (χ1v) is 5.63. The van der Waals surface area contributed by atoms with Crippen molar-refractivity contribution >= 4 is 15.9 Å². The molecule has 0 saturated carbocycles. The molecule has 0 aliphatic heterocycles. The molecule has 0 amide bonds. The van der Waals surface area contributed by atoms with Gasteiger partial charge in [0.25, 0.3) is 0 Å². The zero-order valence-corrected chi connectivity index (χ0v) is 10.5. The molecule has 0 fully saturated rings. The van der Waals surface area contributed by atoms with Crippen molar-refractivity contribution in [2.75, 3.05) is 6.61 Å². The Balaban J connectivity index is 3.19. The number of rotatable bonds is 3. The minimum atomic E-state index is -0.229. The first-order chi connectivity index (χ1) is 6.99. The van der Waals surface area contributed by atoms with Gasteiger partial charge < -0.3 is 15.9 Å². The summed E-state index contributed by atoms with van der Waals surface area (Å²) in [6.07, 6.45) is 0.501. The van der Waals surface area contributed by atoms with E-state index in [4.69, 9.17) is 10.8 Å². The summed E-state index contributed by atoms with van der Waals surface area (Å²) in [5.74, 6) is 0.235. The third-order valence-electron chi connectivity index (χ3n) is 2.55. The third-order valence-corrected chi connectivity index (χ3v) is 3.55. The van der Waals surface area contributed by atoms with Gasteiger partial charge in [-0.1, -0.05) is 6.07 Å². The molecule has 84 valence electrons. The summed E-state index contributed by atoms with van der Waals surface area (Å²) in [7, 11) is 0. The minimum absolute atomic E-state index is 0.0521. The van der Waals surface area contributed by atoms with Gasteiger partial charge in [0.05, 0.1) is 4.47 Å². The smallest absolute Gasteiger partial charge is 0.133 e. The molecule has 1 rings (SSSR count).